The van der Waals surface area contributed by atoms with Gasteiger partial charge in [-0.15, -0.1) is 0 Å². The lowest BCUT2D eigenvalue weighted by molar-refractivity contribution is -0.157. The van der Waals surface area contributed by atoms with E-state index in [0.29, 0.717) is 11.8 Å². The minimum absolute atomic E-state index is 0.169. The summed E-state index contributed by atoms with van der Waals surface area (Å²) < 4.78 is 83.8. The molecule has 0 radical (unpaired) electrons. The molecular formula is C21H24F3O6S-. The molecule has 0 N–H and O–H groups in total. The Morgan fingerprint density at radius 3 is 2.23 bits per heavy atom. The molecule has 10 heteroatoms. The monoisotopic (exact) mass is 461 g/mol. The van der Waals surface area contributed by atoms with Crippen LogP contribution < -0.4 is 4.74 Å². The van der Waals surface area contributed by atoms with Gasteiger partial charge in [0.2, 0.25) is 0 Å². The van der Waals surface area contributed by atoms with E-state index < -0.39 is 51.5 Å². The molecule has 0 heterocycles. The van der Waals surface area contributed by atoms with Crippen molar-refractivity contribution >= 4 is 16.1 Å². The summed E-state index contributed by atoms with van der Waals surface area (Å²) in [5.74, 6) is -0.789. The number of benzene rings is 1. The summed E-state index contributed by atoms with van der Waals surface area (Å²) in [6.07, 6.45) is 0.285. The number of rotatable bonds is 6. The molecule has 0 atom stereocenters. The zero-order valence-electron chi connectivity index (χ0n) is 17.0. The lowest BCUT2D eigenvalue weighted by Crippen LogP contribution is -2.59. The van der Waals surface area contributed by atoms with Crippen LogP contribution in [0.5, 0.6) is 5.75 Å². The number of ether oxygens (including phenoxy) is 2. The van der Waals surface area contributed by atoms with E-state index in [4.69, 9.17) is 9.47 Å². The first-order valence-corrected chi connectivity index (χ1v) is 11.9. The largest absolute Gasteiger partial charge is 0.748 e. The highest BCUT2D eigenvalue weighted by molar-refractivity contribution is 7.85. The number of esters is 1. The van der Waals surface area contributed by atoms with Gasteiger partial charge in [-0.1, -0.05) is 0 Å². The van der Waals surface area contributed by atoms with Crippen LogP contribution in [0, 0.1) is 23.7 Å². The molecule has 0 aromatic heterocycles. The summed E-state index contributed by atoms with van der Waals surface area (Å²) in [6, 6.07) is 2.74. The van der Waals surface area contributed by atoms with Crippen LogP contribution >= 0.6 is 0 Å². The molecule has 4 saturated carbocycles. The Morgan fingerprint density at radius 2 is 1.71 bits per heavy atom. The van der Waals surface area contributed by atoms with E-state index in [1.807, 2.05) is 6.92 Å². The first-order chi connectivity index (χ1) is 14.3. The molecule has 1 aromatic rings. The van der Waals surface area contributed by atoms with Crippen LogP contribution in [0.1, 0.15) is 54.9 Å². The van der Waals surface area contributed by atoms with Crippen LogP contribution in [0.3, 0.4) is 0 Å². The maximum atomic E-state index is 13.7. The average Bonchev–Trinajstić information content (AvgIpc) is 2.63. The minimum atomic E-state index is -4.67. The fourth-order valence-corrected chi connectivity index (χ4v) is 6.10. The van der Waals surface area contributed by atoms with Crippen LogP contribution in [0.25, 0.3) is 0 Å². The second-order valence-corrected chi connectivity index (χ2v) is 10.7. The maximum absolute atomic E-state index is 13.7. The molecule has 4 bridgehead atoms. The van der Waals surface area contributed by atoms with Crippen LogP contribution in [0.2, 0.25) is 0 Å². The Hall–Kier alpha value is -1.81. The lowest BCUT2D eigenvalue weighted by Gasteiger charge is -2.59. The van der Waals surface area contributed by atoms with Crippen molar-refractivity contribution in [3.05, 3.63) is 29.3 Å². The summed E-state index contributed by atoms with van der Waals surface area (Å²) in [5, 5.41) is 0. The number of hydrogen-bond donors (Lipinski definition) is 0. The van der Waals surface area contributed by atoms with Gasteiger partial charge in [-0.05, 0) is 80.9 Å². The van der Waals surface area contributed by atoms with Crippen LogP contribution in [-0.2, 0) is 21.0 Å². The summed E-state index contributed by atoms with van der Waals surface area (Å²) in [7, 11) is -4.57. The highest BCUT2D eigenvalue weighted by atomic mass is 32.2. The van der Waals surface area contributed by atoms with Gasteiger partial charge in [0.1, 0.15) is 18.0 Å². The van der Waals surface area contributed by atoms with Gasteiger partial charge in [-0.25, -0.2) is 13.2 Å². The van der Waals surface area contributed by atoms with Crippen molar-refractivity contribution in [2.24, 2.45) is 23.7 Å². The van der Waals surface area contributed by atoms with Gasteiger partial charge in [0.05, 0.1) is 27.0 Å². The standard InChI is InChI=1S/C21H25F3O6S/c1-20(15-7-12-6-13(9-15)10-16(20)8-12)30-18-11-14(2-3-17(18)21(22,23)24)19(25)29-4-5-31(26,27)28/h2-3,11-13,15-16H,4-10H2,1H3,(H,26,27,28)/p-1. The number of halogens is 3. The Labute approximate surface area is 178 Å². The topological polar surface area (TPSA) is 92.7 Å². The van der Waals surface area contributed by atoms with Gasteiger partial charge in [0.25, 0.3) is 0 Å². The Morgan fingerprint density at radius 1 is 1.13 bits per heavy atom. The number of hydrogen-bond acceptors (Lipinski definition) is 6. The summed E-state index contributed by atoms with van der Waals surface area (Å²) >= 11 is 0. The van der Waals surface area contributed by atoms with Crippen LogP contribution in [-0.4, -0.2) is 36.9 Å². The average molecular weight is 461 g/mol. The smallest absolute Gasteiger partial charge is 0.419 e. The predicted molar refractivity (Wildman–Crippen MR) is 102 cm³/mol. The summed E-state index contributed by atoms with van der Waals surface area (Å²) in [5.41, 5.74) is -1.91. The zero-order chi connectivity index (χ0) is 22.6. The highest BCUT2D eigenvalue weighted by Gasteiger charge is 2.57. The van der Waals surface area contributed by atoms with Crippen LogP contribution in [0.4, 0.5) is 13.2 Å². The number of alkyl halides is 3. The normalized spacial score (nSPS) is 32.2. The second-order valence-electron chi connectivity index (χ2n) is 9.20. The molecule has 4 aliphatic rings. The zero-order valence-corrected chi connectivity index (χ0v) is 17.8. The van der Waals surface area contributed by atoms with E-state index in [2.05, 4.69) is 0 Å². The Bertz CT molecular complexity index is 944. The Balaban J connectivity index is 1.59. The highest BCUT2D eigenvalue weighted by Crippen LogP contribution is 2.59. The second kappa shape index (κ2) is 7.65. The quantitative estimate of drug-likeness (QED) is 0.470. The van der Waals surface area contributed by atoms with Crippen molar-refractivity contribution in [3.63, 3.8) is 0 Å². The van der Waals surface area contributed by atoms with E-state index in [0.717, 1.165) is 43.9 Å². The molecule has 5 rings (SSSR count). The van der Waals surface area contributed by atoms with Gasteiger partial charge in [0, 0.05) is 0 Å². The van der Waals surface area contributed by atoms with Crippen molar-refractivity contribution in [1.82, 2.24) is 0 Å². The van der Waals surface area contributed by atoms with Crippen molar-refractivity contribution in [3.8, 4) is 5.75 Å². The van der Waals surface area contributed by atoms with Crippen molar-refractivity contribution < 1.29 is 40.4 Å². The molecule has 0 amide bonds. The summed E-state index contributed by atoms with van der Waals surface area (Å²) in [4.78, 5) is 12.2. The number of carbonyl (C=O) groups is 1. The van der Waals surface area contributed by atoms with E-state index in [1.165, 1.54) is 6.42 Å². The van der Waals surface area contributed by atoms with Crippen molar-refractivity contribution in [1.29, 1.82) is 0 Å². The van der Waals surface area contributed by atoms with Gasteiger partial charge in [-0.2, -0.15) is 13.2 Å². The SMILES string of the molecule is CC1(Oc2cc(C(=O)OCCS(=O)(=O)[O-])ccc2C(F)(F)F)C2CC3CC(C2)CC1C3. The van der Waals surface area contributed by atoms with Crippen molar-refractivity contribution in [2.45, 2.75) is 50.8 Å². The maximum Gasteiger partial charge on any atom is 0.419 e. The fourth-order valence-electron chi connectivity index (χ4n) is 5.81. The molecule has 31 heavy (non-hydrogen) atoms. The molecule has 4 fully saturated rings. The van der Waals surface area contributed by atoms with Gasteiger partial charge >= 0.3 is 12.1 Å². The van der Waals surface area contributed by atoms with E-state index in [-0.39, 0.29) is 17.4 Å². The molecule has 0 unspecified atom stereocenters. The third kappa shape index (κ3) is 4.55. The minimum Gasteiger partial charge on any atom is -0.748 e. The molecular weight excluding hydrogens is 437 g/mol. The lowest BCUT2D eigenvalue weighted by atomic mass is 9.50. The third-order valence-corrected chi connectivity index (χ3v) is 7.85. The van der Waals surface area contributed by atoms with Gasteiger partial charge in [0.15, 0.2) is 0 Å². The first kappa shape index (κ1) is 22.4. The summed E-state index contributed by atoms with van der Waals surface area (Å²) in [6.45, 7) is 1.21. The Kier molecular flexibility index (Phi) is 5.53. The third-order valence-electron chi connectivity index (χ3n) is 7.18. The van der Waals surface area contributed by atoms with Gasteiger partial charge in [-0.3, -0.25) is 0 Å². The first-order valence-electron chi connectivity index (χ1n) is 10.4. The van der Waals surface area contributed by atoms with E-state index in [1.54, 1.807) is 0 Å². The van der Waals surface area contributed by atoms with E-state index >= 15 is 0 Å². The van der Waals surface area contributed by atoms with Crippen molar-refractivity contribution in [2.75, 3.05) is 12.4 Å². The molecule has 0 saturated heterocycles. The molecule has 0 spiro atoms. The molecule has 0 aliphatic heterocycles. The predicted octanol–water partition coefficient (Wildman–Crippen LogP) is 4.00. The molecule has 1 aromatic carbocycles. The molecule has 4 aliphatic carbocycles. The number of carbonyl (C=O) groups excluding carboxylic acids is 1. The van der Waals surface area contributed by atoms with Crippen LogP contribution in [0.15, 0.2) is 18.2 Å². The molecule has 6 nitrogen and oxygen atoms in total. The van der Waals surface area contributed by atoms with Gasteiger partial charge < -0.3 is 14.0 Å². The molecule has 172 valence electrons. The fraction of sp³-hybridized carbons (Fsp3) is 0.667. The van der Waals surface area contributed by atoms with E-state index in [9.17, 15) is 30.9 Å².